The van der Waals surface area contributed by atoms with Gasteiger partial charge in [-0.2, -0.15) is 5.10 Å². The predicted octanol–water partition coefficient (Wildman–Crippen LogP) is 3.96. The molecule has 0 aliphatic carbocycles. The minimum Gasteiger partial charge on any atom is -0.444 e. The molecule has 0 saturated carbocycles. The number of hydrogen-bond acceptors (Lipinski definition) is 7. The lowest BCUT2D eigenvalue weighted by molar-refractivity contribution is 0.0240. The zero-order chi connectivity index (χ0) is 22.8. The van der Waals surface area contributed by atoms with Crippen molar-refractivity contribution in [2.75, 3.05) is 37.7 Å². The van der Waals surface area contributed by atoms with Crippen molar-refractivity contribution in [3.05, 3.63) is 10.9 Å². The molecule has 3 rings (SSSR count). The SMILES string of the molecule is CC(C)(C)OC(=O)N1CCN(c2ncnc3c2c(Br)nn3COCC[Si](C)(C)C)CC1. The summed E-state index contributed by atoms with van der Waals surface area (Å²) in [5.41, 5.74) is 0.239. The lowest BCUT2D eigenvalue weighted by Crippen LogP contribution is -2.50. The van der Waals surface area contributed by atoms with Crippen LogP contribution in [0.1, 0.15) is 20.8 Å². The van der Waals surface area contributed by atoms with Gasteiger partial charge in [0.25, 0.3) is 0 Å². The maximum atomic E-state index is 12.3. The Morgan fingerprint density at radius 1 is 1.16 bits per heavy atom. The summed E-state index contributed by atoms with van der Waals surface area (Å²) in [5, 5.41) is 5.43. The average Bonchev–Trinajstić information content (AvgIpc) is 2.99. The monoisotopic (exact) mass is 512 g/mol. The molecule has 3 heterocycles. The highest BCUT2D eigenvalue weighted by atomic mass is 79.9. The summed E-state index contributed by atoms with van der Waals surface area (Å²) in [6.45, 7) is 16.2. The first kappa shape index (κ1) is 23.9. The van der Waals surface area contributed by atoms with Crippen molar-refractivity contribution in [2.45, 2.75) is 58.8 Å². The number of halogens is 1. The van der Waals surface area contributed by atoms with Crippen LogP contribution in [0.5, 0.6) is 0 Å². The van der Waals surface area contributed by atoms with Gasteiger partial charge in [-0.3, -0.25) is 0 Å². The van der Waals surface area contributed by atoms with Gasteiger partial charge < -0.3 is 19.3 Å². The van der Waals surface area contributed by atoms with E-state index in [-0.39, 0.29) is 6.09 Å². The van der Waals surface area contributed by atoms with E-state index in [0.29, 0.717) is 37.5 Å². The Balaban J connectivity index is 1.68. The van der Waals surface area contributed by atoms with Crippen molar-refractivity contribution in [1.29, 1.82) is 0 Å². The van der Waals surface area contributed by atoms with Crippen LogP contribution in [0.2, 0.25) is 25.7 Å². The minimum absolute atomic E-state index is 0.274. The maximum absolute atomic E-state index is 12.3. The fourth-order valence-electron chi connectivity index (χ4n) is 3.24. The van der Waals surface area contributed by atoms with Crippen LogP contribution >= 0.6 is 15.9 Å². The topological polar surface area (TPSA) is 85.6 Å². The molecule has 0 atom stereocenters. The highest BCUT2D eigenvalue weighted by Crippen LogP contribution is 2.30. The first-order valence-corrected chi connectivity index (χ1v) is 15.1. The van der Waals surface area contributed by atoms with E-state index in [4.69, 9.17) is 9.47 Å². The molecule has 0 N–H and O–H groups in total. The normalized spacial score (nSPS) is 15.6. The summed E-state index contributed by atoms with van der Waals surface area (Å²) in [5.74, 6) is 0.814. The van der Waals surface area contributed by atoms with Crippen molar-refractivity contribution in [1.82, 2.24) is 24.6 Å². The van der Waals surface area contributed by atoms with Crippen LogP contribution in [0.15, 0.2) is 10.9 Å². The third-order valence-corrected chi connectivity index (χ3v) is 7.17. The first-order valence-electron chi connectivity index (χ1n) is 10.6. The first-order chi connectivity index (χ1) is 14.4. The van der Waals surface area contributed by atoms with Crippen molar-refractivity contribution < 1.29 is 14.3 Å². The van der Waals surface area contributed by atoms with E-state index in [1.165, 1.54) is 0 Å². The number of piperazine rings is 1. The van der Waals surface area contributed by atoms with E-state index in [2.05, 4.69) is 55.5 Å². The van der Waals surface area contributed by atoms with Gasteiger partial charge in [0, 0.05) is 40.9 Å². The van der Waals surface area contributed by atoms with Crippen LogP contribution in [0, 0.1) is 0 Å². The predicted molar refractivity (Wildman–Crippen MR) is 127 cm³/mol. The van der Waals surface area contributed by atoms with Gasteiger partial charge in [-0.25, -0.2) is 19.4 Å². The summed E-state index contributed by atoms with van der Waals surface area (Å²) >= 11 is 3.57. The summed E-state index contributed by atoms with van der Waals surface area (Å²) in [7, 11) is -1.14. The van der Waals surface area contributed by atoms with Crippen LogP contribution in [0.3, 0.4) is 0 Å². The zero-order valence-electron chi connectivity index (χ0n) is 19.3. The van der Waals surface area contributed by atoms with E-state index in [0.717, 1.165) is 29.5 Å². The lowest BCUT2D eigenvalue weighted by Gasteiger charge is -2.36. The summed E-state index contributed by atoms with van der Waals surface area (Å²) in [6.07, 6.45) is 1.29. The van der Waals surface area contributed by atoms with Crippen LogP contribution in [0.25, 0.3) is 11.0 Å². The van der Waals surface area contributed by atoms with E-state index in [1.54, 1.807) is 15.9 Å². The second-order valence-corrected chi connectivity index (χ2v) is 16.4. The molecule has 2 aromatic rings. The number of carbonyl (C=O) groups is 1. The molecule has 0 radical (unpaired) electrons. The van der Waals surface area contributed by atoms with Crippen LogP contribution in [-0.4, -0.2) is 77.2 Å². The van der Waals surface area contributed by atoms with Gasteiger partial charge in [0.15, 0.2) is 5.65 Å². The highest BCUT2D eigenvalue weighted by Gasteiger charge is 2.28. The highest BCUT2D eigenvalue weighted by molar-refractivity contribution is 9.10. The number of amides is 1. The molecule has 0 unspecified atom stereocenters. The molecule has 0 spiro atoms. The van der Waals surface area contributed by atoms with Gasteiger partial charge >= 0.3 is 6.09 Å². The molecular formula is C20H33BrN6O3Si. The van der Waals surface area contributed by atoms with E-state index in [9.17, 15) is 4.79 Å². The Morgan fingerprint density at radius 2 is 1.84 bits per heavy atom. The molecular weight excluding hydrogens is 480 g/mol. The van der Waals surface area contributed by atoms with E-state index >= 15 is 0 Å². The number of ether oxygens (including phenoxy) is 2. The Kier molecular flexibility index (Phi) is 7.27. The van der Waals surface area contributed by atoms with Crippen molar-refractivity contribution in [2.24, 2.45) is 0 Å². The fourth-order valence-corrected chi connectivity index (χ4v) is 4.54. The third-order valence-electron chi connectivity index (χ3n) is 4.91. The third kappa shape index (κ3) is 6.39. The molecule has 0 bridgehead atoms. The Morgan fingerprint density at radius 3 is 2.45 bits per heavy atom. The van der Waals surface area contributed by atoms with Crippen LogP contribution in [-0.2, 0) is 16.2 Å². The largest absolute Gasteiger partial charge is 0.444 e. The quantitative estimate of drug-likeness (QED) is 0.427. The lowest BCUT2D eigenvalue weighted by atomic mass is 10.2. The van der Waals surface area contributed by atoms with Crippen LogP contribution in [0.4, 0.5) is 10.6 Å². The van der Waals surface area contributed by atoms with Gasteiger partial charge in [0.1, 0.15) is 29.1 Å². The molecule has 0 aromatic carbocycles. The molecule has 1 fully saturated rings. The van der Waals surface area contributed by atoms with E-state index < -0.39 is 13.7 Å². The van der Waals surface area contributed by atoms with Gasteiger partial charge in [-0.15, -0.1) is 0 Å². The van der Waals surface area contributed by atoms with Gasteiger partial charge in [-0.05, 0) is 42.7 Å². The number of hydrogen-bond donors (Lipinski definition) is 0. The molecule has 172 valence electrons. The number of nitrogens with zero attached hydrogens (tertiary/aromatic N) is 6. The summed E-state index contributed by atoms with van der Waals surface area (Å²) in [4.78, 5) is 25.2. The molecule has 1 saturated heterocycles. The summed E-state index contributed by atoms with van der Waals surface area (Å²) < 4.78 is 13.8. The molecule has 1 aliphatic rings. The molecule has 31 heavy (non-hydrogen) atoms. The van der Waals surface area contributed by atoms with Crippen molar-refractivity contribution in [3.63, 3.8) is 0 Å². The maximum Gasteiger partial charge on any atom is 0.410 e. The Labute approximate surface area is 193 Å². The second kappa shape index (κ2) is 9.41. The molecule has 2 aromatic heterocycles. The molecule has 1 amide bonds. The van der Waals surface area contributed by atoms with Crippen molar-refractivity contribution >= 4 is 46.9 Å². The average molecular weight is 514 g/mol. The van der Waals surface area contributed by atoms with Gasteiger partial charge in [0.2, 0.25) is 0 Å². The number of fused-ring (bicyclic) bond motifs is 1. The molecule has 11 heteroatoms. The Hall–Kier alpha value is -1.72. The number of carbonyl (C=O) groups excluding carboxylic acids is 1. The molecule has 9 nitrogen and oxygen atoms in total. The number of anilines is 1. The number of rotatable bonds is 6. The van der Waals surface area contributed by atoms with Crippen LogP contribution < -0.4 is 4.90 Å². The smallest absolute Gasteiger partial charge is 0.410 e. The zero-order valence-corrected chi connectivity index (χ0v) is 21.9. The second-order valence-electron chi connectivity index (χ2n) is 9.99. The minimum atomic E-state index is -1.14. The van der Waals surface area contributed by atoms with Crippen molar-refractivity contribution in [3.8, 4) is 0 Å². The summed E-state index contributed by atoms with van der Waals surface area (Å²) in [6, 6.07) is 1.11. The Bertz CT molecular complexity index is 916. The van der Waals surface area contributed by atoms with E-state index in [1.807, 2.05) is 20.8 Å². The molecule has 1 aliphatic heterocycles. The standard InChI is InChI=1S/C20H33BrN6O3Si/c1-20(2,3)30-19(28)26-9-7-25(8-10-26)17-15-16(21)24-27(18(15)23-13-22-17)14-29-11-12-31(4,5)6/h13H,7-12,14H2,1-6H3. The van der Waals surface area contributed by atoms with Gasteiger partial charge in [-0.1, -0.05) is 19.6 Å². The number of aromatic nitrogens is 4. The van der Waals surface area contributed by atoms with Gasteiger partial charge in [0.05, 0.1) is 5.39 Å². The fraction of sp³-hybridized carbons (Fsp3) is 0.700.